The van der Waals surface area contributed by atoms with Crippen LogP contribution < -0.4 is 5.32 Å². The number of benzene rings is 1. The van der Waals surface area contributed by atoms with Crippen LogP contribution >= 0.6 is 11.6 Å². The number of hydrogen-bond donors (Lipinski definition) is 2. The maximum atomic E-state index is 13.8. The Bertz CT molecular complexity index is 478. The monoisotopic (exact) mass is 300 g/mol. The molecule has 1 heterocycles. The predicted octanol–water partition coefficient (Wildman–Crippen LogP) is 1.27. The highest BCUT2D eigenvalue weighted by molar-refractivity contribution is 6.31. The van der Waals surface area contributed by atoms with E-state index in [-0.39, 0.29) is 30.2 Å². The Balaban J connectivity index is 2.10. The second-order valence-electron chi connectivity index (χ2n) is 5.06. The van der Waals surface area contributed by atoms with Crippen molar-refractivity contribution in [1.29, 1.82) is 0 Å². The van der Waals surface area contributed by atoms with Crippen LogP contribution in [0.5, 0.6) is 0 Å². The van der Waals surface area contributed by atoms with E-state index in [1.165, 1.54) is 6.07 Å². The first-order valence-electron chi connectivity index (χ1n) is 6.54. The number of aliphatic hydroxyl groups is 1. The molecule has 0 bridgehead atoms. The van der Waals surface area contributed by atoms with Gasteiger partial charge in [-0.15, -0.1) is 0 Å². The number of hydrogen-bond acceptors (Lipinski definition) is 3. The fourth-order valence-corrected chi connectivity index (χ4v) is 2.89. The highest BCUT2D eigenvalue weighted by atomic mass is 35.5. The largest absolute Gasteiger partial charge is 0.396 e. The van der Waals surface area contributed by atoms with E-state index in [0.717, 1.165) is 0 Å². The van der Waals surface area contributed by atoms with Crippen molar-refractivity contribution < 1.29 is 14.3 Å². The summed E-state index contributed by atoms with van der Waals surface area (Å²) in [7, 11) is 1.58. The SMILES string of the molecule is CNC(=O)[C@@H]1CN(Cc2c(F)cccc2Cl)C[C@H]1CO. The average Bonchev–Trinajstić information content (AvgIpc) is 2.85. The molecule has 1 aliphatic heterocycles. The average molecular weight is 301 g/mol. The molecule has 0 radical (unpaired) electrons. The summed E-state index contributed by atoms with van der Waals surface area (Å²) in [4.78, 5) is 13.7. The third-order valence-electron chi connectivity index (χ3n) is 3.78. The molecule has 1 aliphatic rings. The minimum atomic E-state index is -0.346. The van der Waals surface area contributed by atoms with Crippen molar-refractivity contribution in [3.8, 4) is 0 Å². The molecule has 0 spiro atoms. The molecule has 1 aromatic rings. The smallest absolute Gasteiger partial charge is 0.224 e. The number of likely N-dealkylation sites (tertiary alicyclic amines) is 1. The summed E-state index contributed by atoms with van der Waals surface area (Å²) in [5.41, 5.74) is 0.434. The summed E-state index contributed by atoms with van der Waals surface area (Å²) in [6, 6.07) is 4.59. The molecule has 20 heavy (non-hydrogen) atoms. The van der Waals surface area contributed by atoms with Crippen molar-refractivity contribution in [1.82, 2.24) is 10.2 Å². The van der Waals surface area contributed by atoms with Crippen LogP contribution in [0.25, 0.3) is 0 Å². The summed E-state index contributed by atoms with van der Waals surface area (Å²) in [6.07, 6.45) is 0. The topological polar surface area (TPSA) is 52.6 Å². The summed E-state index contributed by atoms with van der Waals surface area (Å²) in [5.74, 6) is -0.830. The van der Waals surface area contributed by atoms with Crippen LogP contribution in [0.2, 0.25) is 5.02 Å². The molecule has 2 atom stereocenters. The Hall–Kier alpha value is -1.17. The Labute approximate surface area is 122 Å². The number of carbonyl (C=O) groups is 1. The molecule has 0 aromatic heterocycles. The molecule has 1 saturated heterocycles. The highest BCUT2D eigenvalue weighted by Gasteiger charge is 2.36. The zero-order valence-electron chi connectivity index (χ0n) is 11.3. The van der Waals surface area contributed by atoms with Gasteiger partial charge in [-0.05, 0) is 12.1 Å². The lowest BCUT2D eigenvalue weighted by molar-refractivity contribution is -0.125. The van der Waals surface area contributed by atoms with Gasteiger partial charge in [0.1, 0.15) is 5.82 Å². The van der Waals surface area contributed by atoms with Crippen LogP contribution in [0.1, 0.15) is 5.56 Å². The highest BCUT2D eigenvalue weighted by Crippen LogP contribution is 2.27. The van der Waals surface area contributed by atoms with Crippen LogP contribution in [0.3, 0.4) is 0 Å². The molecule has 4 nitrogen and oxygen atoms in total. The van der Waals surface area contributed by atoms with Crippen LogP contribution in [0.15, 0.2) is 18.2 Å². The zero-order chi connectivity index (χ0) is 14.7. The Morgan fingerprint density at radius 3 is 2.90 bits per heavy atom. The molecular formula is C14H18ClFN2O2. The lowest BCUT2D eigenvalue weighted by Gasteiger charge is -2.17. The molecule has 1 amide bonds. The molecule has 1 fully saturated rings. The summed E-state index contributed by atoms with van der Waals surface area (Å²) in [5, 5.41) is 12.4. The second kappa shape index (κ2) is 6.52. The van der Waals surface area contributed by atoms with E-state index < -0.39 is 0 Å². The zero-order valence-corrected chi connectivity index (χ0v) is 12.0. The molecule has 6 heteroatoms. The quantitative estimate of drug-likeness (QED) is 0.880. The van der Waals surface area contributed by atoms with Gasteiger partial charge < -0.3 is 10.4 Å². The van der Waals surface area contributed by atoms with Gasteiger partial charge in [-0.2, -0.15) is 0 Å². The molecule has 1 aromatic carbocycles. The van der Waals surface area contributed by atoms with E-state index in [0.29, 0.717) is 30.2 Å². The lowest BCUT2D eigenvalue weighted by Crippen LogP contribution is -2.33. The molecule has 2 rings (SSSR count). The number of carbonyl (C=O) groups excluding carboxylic acids is 1. The third kappa shape index (κ3) is 3.11. The van der Waals surface area contributed by atoms with E-state index in [4.69, 9.17) is 11.6 Å². The minimum absolute atomic E-state index is 0.0560. The van der Waals surface area contributed by atoms with Crippen molar-refractivity contribution in [2.45, 2.75) is 6.54 Å². The Morgan fingerprint density at radius 1 is 1.55 bits per heavy atom. The van der Waals surface area contributed by atoms with E-state index in [9.17, 15) is 14.3 Å². The molecule has 0 unspecified atom stereocenters. The van der Waals surface area contributed by atoms with Gasteiger partial charge in [0.25, 0.3) is 0 Å². The Morgan fingerprint density at radius 2 is 2.30 bits per heavy atom. The summed E-state index contributed by atoms with van der Waals surface area (Å²) < 4.78 is 13.8. The number of aliphatic hydroxyl groups excluding tert-OH is 1. The van der Waals surface area contributed by atoms with Gasteiger partial charge in [-0.3, -0.25) is 9.69 Å². The fraction of sp³-hybridized carbons (Fsp3) is 0.500. The van der Waals surface area contributed by atoms with Crippen molar-refractivity contribution in [2.75, 3.05) is 26.7 Å². The second-order valence-corrected chi connectivity index (χ2v) is 5.46. The summed E-state index contributed by atoms with van der Waals surface area (Å²) in [6.45, 7) is 1.34. The van der Waals surface area contributed by atoms with E-state index >= 15 is 0 Å². The number of nitrogens with zero attached hydrogens (tertiary/aromatic N) is 1. The number of amides is 1. The van der Waals surface area contributed by atoms with Crippen molar-refractivity contribution in [3.63, 3.8) is 0 Å². The number of halogens is 2. The van der Waals surface area contributed by atoms with Crippen LogP contribution in [-0.4, -0.2) is 42.7 Å². The molecule has 0 aliphatic carbocycles. The van der Waals surface area contributed by atoms with Gasteiger partial charge in [-0.1, -0.05) is 17.7 Å². The van der Waals surface area contributed by atoms with Crippen molar-refractivity contribution in [3.05, 3.63) is 34.6 Å². The van der Waals surface area contributed by atoms with Crippen molar-refractivity contribution in [2.24, 2.45) is 11.8 Å². The molecule has 2 N–H and O–H groups in total. The molecule has 110 valence electrons. The lowest BCUT2D eigenvalue weighted by atomic mass is 9.96. The van der Waals surface area contributed by atoms with Crippen LogP contribution in [-0.2, 0) is 11.3 Å². The standard InChI is InChI=1S/C14H18ClFN2O2/c1-17-14(20)10-6-18(5-9(10)8-19)7-11-12(15)3-2-4-13(11)16/h2-4,9-10,19H,5-8H2,1H3,(H,17,20)/t9-,10+/m0/s1. The van der Waals surface area contributed by atoms with Gasteiger partial charge in [-0.25, -0.2) is 4.39 Å². The normalized spacial score (nSPS) is 23.0. The molecular weight excluding hydrogens is 283 g/mol. The predicted molar refractivity (Wildman–Crippen MR) is 74.8 cm³/mol. The van der Waals surface area contributed by atoms with E-state index in [1.54, 1.807) is 19.2 Å². The third-order valence-corrected chi connectivity index (χ3v) is 4.13. The van der Waals surface area contributed by atoms with Gasteiger partial charge in [0.05, 0.1) is 5.92 Å². The number of rotatable bonds is 4. The maximum Gasteiger partial charge on any atom is 0.224 e. The number of nitrogens with one attached hydrogen (secondary N) is 1. The summed E-state index contributed by atoms with van der Waals surface area (Å²) >= 11 is 6.01. The van der Waals surface area contributed by atoms with Gasteiger partial charge in [0.2, 0.25) is 5.91 Å². The van der Waals surface area contributed by atoms with E-state index in [2.05, 4.69) is 5.32 Å². The van der Waals surface area contributed by atoms with Crippen LogP contribution in [0, 0.1) is 17.7 Å². The minimum Gasteiger partial charge on any atom is -0.396 e. The fourth-order valence-electron chi connectivity index (χ4n) is 2.66. The van der Waals surface area contributed by atoms with Crippen LogP contribution in [0.4, 0.5) is 4.39 Å². The molecule has 0 saturated carbocycles. The van der Waals surface area contributed by atoms with Crippen molar-refractivity contribution >= 4 is 17.5 Å². The van der Waals surface area contributed by atoms with Gasteiger partial charge in [0.15, 0.2) is 0 Å². The van der Waals surface area contributed by atoms with Gasteiger partial charge >= 0.3 is 0 Å². The first-order valence-corrected chi connectivity index (χ1v) is 6.92. The van der Waals surface area contributed by atoms with Gasteiger partial charge in [0, 0.05) is 49.8 Å². The first-order chi connectivity index (χ1) is 9.56. The first kappa shape index (κ1) is 15.2. The Kier molecular flexibility index (Phi) is 4.96. The van der Waals surface area contributed by atoms with E-state index in [1.807, 2.05) is 4.90 Å². The maximum absolute atomic E-state index is 13.8.